The highest BCUT2D eigenvalue weighted by Crippen LogP contribution is 2.53. The Labute approximate surface area is 116 Å². The highest BCUT2D eigenvalue weighted by Gasteiger charge is 2.48. The average Bonchev–Trinajstić information content (AvgIpc) is 2.31. The largest absolute Gasteiger partial charge is 0.351 e. The van der Waals surface area contributed by atoms with E-state index in [-0.39, 0.29) is 11.9 Å². The molecule has 4 saturated carbocycles. The maximum absolute atomic E-state index is 12.2. The minimum absolute atomic E-state index is 0.0890. The summed E-state index contributed by atoms with van der Waals surface area (Å²) in [5.74, 6) is 3.98. The Bertz CT molecular complexity index is 325. The zero-order chi connectivity index (χ0) is 13.6. The molecule has 0 aromatic heterocycles. The van der Waals surface area contributed by atoms with Crippen LogP contribution in [0.25, 0.3) is 0 Å². The van der Waals surface area contributed by atoms with Gasteiger partial charge >= 0.3 is 0 Å². The van der Waals surface area contributed by atoms with Gasteiger partial charge in [-0.3, -0.25) is 4.79 Å². The quantitative estimate of drug-likeness (QED) is 0.818. The molecule has 19 heavy (non-hydrogen) atoms. The summed E-state index contributed by atoms with van der Waals surface area (Å²) >= 11 is 0. The van der Waals surface area contributed by atoms with Crippen LogP contribution >= 0.6 is 0 Å². The van der Waals surface area contributed by atoms with Crippen LogP contribution in [0.4, 0.5) is 0 Å². The molecular formula is C16H28N2O. The van der Waals surface area contributed by atoms with Gasteiger partial charge in [-0.05, 0) is 68.1 Å². The maximum Gasteiger partial charge on any atom is 0.237 e. The predicted octanol–water partition coefficient (Wildman–Crippen LogP) is 2.30. The minimum Gasteiger partial charge on any atom is -0.351 e. The normalized spacial score (nSPS) is 41.6. The van der Waals surface area contributed by atoms with E-state index >= 15 is 0 Å². The van der Waals surface area contributed by atoms with Gasteiger partial charge in [-0.2, -0.15) is 0 Å². The second kappa shape index (κ2) is 5.08. The summed E-state index contributed by atoms with van der Waals surface area (Å²) in [4.78, 5) is 12.2. The zero-order valence-corrected chi connectivity index (χ0v) is 12.3. The van der Waals surface area contributed by atoms with Crippen LogP contribution in [0, 0.1) is 29.6 Å². The van der Waals surface area contributed by atoms with Gasteiger partial charge in [-0.25, -0.2) is 0 Å². The van der Waals surface area contributed by atoms with Crippen LogP contribution in [0.1, 0.15) is 52.4 Å². The van der Waals surface area contributed by atoms with Crippen molar-refractivity contribution >= 4 is 5.91 Å². The Balaban J connectivity index is 1.59. The third-order valence-electron chi connectivity index (χ3n) is 5.60. The fourth-order valence-electron chi connectivity index (χ4n) is 5.05. The van der Waals surface area contributed by atoms with Crippen molar-refractivity contribution in [1.29, 1.82) is 0 Å². The van der Waals surface area contributed by atoms with Crippen molar-refractivity contribution in [2.75, 3.05) is 0 Å². The number of rotatable bonds is 4. The lowest BCUT2D eigenvalue weighted by molar-refractivity contribution is -0.126. The van der Waals surface area contributed by atoms with Crippen LogP contribution < -0.4 is 11.1 Å². The third kappa shape index (κ3) is 2.67. The molecule has 0 heterocycles. The lowest BCUT2D eigenvalue weighted by atomic mass is 9.54. The molecule has 0 unspecified atom stereocenters. The molecule has 0 aromatic carbocycles. The molecule has 4 aliphatic carbocycles. The monoisotopic (exact) mass is 264 g/mol. The fraction of sp³-hybridized carbons (Fsp3) is 0.938. The number of carbonyl (C=O) groups is 1. The molecule has 4 bridgehead atoms. The molecule has 0 radical (unpaired) electrons. The second-order valence-corrected chi connectivity index (χ2v) is 7.70. The van der Waals surface area contributed by atoms with E-state index in [0.717, 1.165) is 30.1 Å². The van der Waals surface area contributed by atoms with Gasteiger partial charge in [0.25, 0.3) is 0 Å². The molecule has 0 aromatic rings. The number of hydrogen-bond acceptors (Lipinski definition) is 2. The van der Waals surface area contributed by atoms with Gasteiger partial charge in [-0.1, -0.05) is 13.8 Å². The van der Waals surface area contributed by atoms with E-state index in [1.165, 1.54) is 32.1 Å². The second-order valence-electron chi connectivity index (χ2n) is 7.70. The number of hydrogen-bond donors (Lipinski definition) is 2. The van der Waals surface area contributed by atoms with Crippen LogP contribution in [-0.2, 0) is 4.79 Å². The van der Waals surface area contributed by atoms with Crippen molar-refractivity contribution in [3.05, 3.63) is 0 Å². The van der Waals surface area contributed by atoms with E-state index in [9.17, 15) is 4.79 Å². The highest BCUT2D eigenvalue weighted by atomic mass is 16.2. The van der Waals surface area contributed by atoms with Crippen LogP contribution in [0.15, 0.2) is 0 Å². The first-order chi connectivity index (χ1) is 9.02. The van der Waals surface area contributed by atoms with Crippen molar-refractivity contribution in [3.63, 3.8) is 0 Å². The summed E-state index contributed by atoms with van der Waals surface area (Å²) in [5, 5.41) is 3.30. The highest BCUT2D eigenvalue weighted by molar-refractivity contribution is 5.81. The van der Waals surface area contributed by atoms with E-state index in [1.807, 2.05) is 0 Å². The Kier molecular flexibility index (Phi) is 3.59. The summed E-state index contributed by atoms with van der Waals surface area (Å²) in [5.41, 5.74) is 6.01. The molecule has 1 atom stereocenters. The van der Waals surface area contributed by atoms with Crippen molar-refractivity contribution in [2.24, 2.45) is 35.3 Å². The lowest BCUT2D eigenvalue weighted by Crippen LogP contribution is -2.58. The number of nitrogens with one attached hydrogen (secondary N) is 1. The van der Waals surface area contributed by atoms with Crippen LogP contribution in [0.5, 0.6) is 0 Å². The number of amides is 1. The van der Waals surface area contributed by atoms with E-state index in [2.05, 4.69) is 19.2 Å². The molecule has 108 valence electrons. The minimum atomic E-state index is -0.322. The Hall–Kier alpha value is -0.570. The van der Waals surface area contributed by atoms with E-state index < -0.39 is 0 Å². The maximum atomic E-state index is 12.2. The Morgan fingerprint density at radius 1 is 1.11 bits per heavy atom. The summed E-state index contributed by atoms with van der Waals surface area (Å²) in [6.45, 7) is 4.24. The topological polar surface area (TPSA) is 55.1 Å². The number of carbonyl (C=O) groups excluding carboxylic acids is 1. The van der Waals surface area contributed by atoms with Gasteiger partial charge in [0, 0.05) is 6.04 Å². The summed E-state index contributed by atoms with van der Waals surface area (Å²) in [6, 6.07) is 0.107. The standard InChI is InChI=1S/C16H28N2O/c1-9(2)3-14(17)16(19)18-15-12-5-10-4-11(7-12)8-13(15)6-10/h9-15H,3-8,17H2,1-2H3,(H,18,19)/t10?,11?,12?,13?,14-,15?/m1/s1. The molecule has 1 amide bonds. The number of nitrogens with two attached hydrogens (primary N) is 1. The van der Waals surface area contributed by atoms with Gasteiger partial charge < -0.3 is 11.1 Å². The van der Waals surface area contributed by atoms with Crippen molar-refractivity contribution < 1.29 is 4.79 Å². The Morgan fingerprint density at radius 3 is 2.11 bits per heavy atom. The Morgan fingerprint density at radius 2 is 1.63 bits per heavy atom. The van der Waals surface area contributed by atoms with Gasteiger partial charge in [0.1, 0.15) is 0 Å². The van der Waals surface area contributed by atoms with Gasteiger partial charge in [-0.15, -0.1) is 0 Å². The first-order valence-electron chi connectivity index (χ1n) is 8.09. The predicted molar refractivity (Wildman–Crippen MR) is 76.4 cm³/mol. The molecule has 0 spiro atoms. The van der Waals surface area contributed by atoms with Gasteiger partial charge in [0.05, 0.1) is 6.04 Å². The lowest BCUT2D eigenvalue weighted by Gasteiger charge is -2.54. The molecule has 3 nitrogen and oxygen atoms in total. The molecular weight excluding hydrogens is 236 g/mol. The van der Waals surface area contributed by atoms with Crippen LogP contribution in [-0.4, -0.2) is 18.0 Å². The van der Waals surface area contributed by atoms with E-state index in [1.54, 1.807) is 0 Å². The van der Waals surface area contributed by atoms with Crippen LogP contribution in [0.2, 0.25) is 0 Å². The van der Waals surface area contributed by atoms with Crippen molar-refractivity contribution in [2.45, 2.75) is 64.5 Å². The summed E-state index contributed by atoms with van der Waals surface area (Å²) in [6.07, 6.45) is 7.63. The molecule has 4 fully saturated rings. The van der Waals surface area contributed by atoms with Crippen molar-refractivity contribution in [3.8, 4) is 0 Å². The summed E-state index contributed by atoms with van der Waals surface area (Å²) in [7, 11) is 0. The average molecular weight is 264 g/mol. The fourth-order valence-corrected chi connectivity index (χ4v) is 5.05. The van der Waals surface area contributed by atoms with Crippen LogP contribution in [0.3, 0.4) is 0 Å². The first kappa shape index (κ1) is 13.4. The molecule has 4 rings (SSSR count). The summed E-state index contributed by atoms with van der Waals surface area (Å²) < 4.78 is 0. The smallest absolute Gasteiger partial charge is 0.237 e. The SMILES string of the molecule is CC(C)C[C@@H](N)C(=O)NC1C2CC3CC(C2)CC1C3. The molecule has 4 aliphatic rings. The molecule has 0 saturated heterocycles. The van der Waals surface area contributed by atoms with E-state index in [4.69, 9.17) is 5.73 Å². The van der Waals surface area contributed by atoms with Gasteiger partial charge in [0.15, 0.2) is 0 Å². The molecule has 3 heteroatoms. The van der Waals surface area contributed by atoms with Crippen molar-refractivity contribution in [1.82, 2.24) is 5.32 Å². The third-order valence-corrected chi connectivity index (χ3v) is 5.60. The molecule has 0 aliphatic heterocycles. The van der Waals surface area contributed by atoms with Gasteiger partial charge in [0.2, 0.25) is 5.91 Å². The van der Waals surface area contributed by atoms with E-state index in [0.29, 0.717) is 12.0 Å². The zero-order valence-electron chi connectivity index (χ0n) is 12.3. The first-order valence-corrected chi connectivity index (χ1v) is 8.09. The molecule has 3 N–H and O–H groups in total.